The van der Waals surface area contributed by atoms with E-state index in [1.165, 1.54) is 12.1 Å². The number of benzene rings is 2. The third-order valence-electron chi connectivity index (χ3n) is 5.15. The number of halogens is 3. The Morgan fingerprint density at radius 2 is 1.80 bits per heavy atom. The number of ether oxygens (including phenoxy) is 1. The number of hydrogen-bond acceptors (Lipinski definition) is 1. The van der Waals surface area contributed by atoms with Crippen LogP contribution in [0.2, 0.25) is 0 Å². The molecule has 4 heteroatoms. The van der Waals surface area contributed by atoms with Gasteiger partial charge in [-0.2, -0.15) is 0 Å². The Kier molecular flexibility index (Phi) is 5.48. The molecule has 2 atom stereocenters. The van der Waals surface area contributed by atoms with Crippen molar-refractivity contribution in [3.8, 4) is 11.1 Å². The molecule has 1 aliphatic heterocycles. The molecule has 2 unspecified atom stereocenters. The SMILES string of the molecule is CCc1ccc(-c2ccc(C3CCC(CC)CO3)c(F)c2)c(F)c1F. The number of rotatable bonds is 4. The van der Waals surface area contributed by atoms with E-state index in [9.17, 15) is 13.2 Å². The maximum Gasteiger partial charge on any atom is 0.166 e. The van der Waals surface area contributed by atoms with Crippen molar-refractivity contribution in [2.45, 2.75) is 45.6 Å². The zero-order valence-electron chi connectivity index (χ0n) is 14.6. The van der Waals surface area contributed by atoms with E-state index >= 15 is 0 Å². The molecule has 0 N–H and O–H groups in total. The molecule has 1 nitrogen and oxygen atoms in total. The standard InChI is InChI=1S/C21H23F3O/c1-3-13-5-10-19(25-12-13)17-9-7-15(11-18(17)22)16-8-6-14(4-2)20(23)21(16)24/h6-9,11,13,19H,3-5,10,12H2,1-2H3. The van der Waals surface area contributed by atoms with Crippen molar-refractivity contribution in [3.05, 3.63) is 58.9 Å². The van der Waals surface area contributed by atoms with Crippen molar-refractivity contribution in [2.75, 3.05) is 6.61 Å². The van der Waals surface area contributed by atoms with Gasteiger partial charge in [-0.1, -0.05) is 44.5 Å². The molecular formula is C21H23F3O. The van der Waals surface area contributed by atoms with Crippen LogP contribution >= 0.6 is 0 Å². The van der Waals surface area contributed by atoms with Gasteiger partial charge in [-0.25, -0.2) is 13.2 Å². The minimum absolute atomic E-state index is 0.0794. The first-order valence-corrected chi connectivity index (χ1v) is 8.93. The molecule has 1 saturated heterocycles. The zero-order valence-corrected chi connectivity index (χ0v) is 14.6. The highest BCUT2D eigenvalue weighted by Crippen LogP contribution is 2.35. The van der Waals surface area contributed by atoms with E-state index < -0.39 is 17.5 Å². The molecule has 0 radical (unpaired) electrons. The normalized spacial score (nSPS) is 20.7. The minimum atomic E-state index is -0.925. The van der Waals surface area contributed by atoms with Gasteiger partial charge < -0.3 is 4.74 Å². The lowest BCUT2D eigenvalue weighted by Crippen LogP contribution is -2.20. The molecule has 3 rings (SSSR count). The number of aryl methyl sites for hydroxylation is 1. The summed E-state index contributed by atoms with van der Waals surface area (Å²) in [5.41, 5.74) is 1.22. The van der Waals surface area contributed by atoms with Crippen molar-refractivity contribution < 1.29 is 17.9 Å². The molecule has 2 aromatic rings. The van der Waals surface area contributed by atoms with E-state index in [0.29, 0.717) is 35.6 Å². The fraction of sp³-hybridized carbons (Fsp3) is 0.429. The van der Waals surface area contributed by atoms with Crippen molar-refractivity contribution in [2.24, 2.45) is 5.92 Å². The summed E-state index contributed by atoms with van der Waals surface area (Å²) in [5, 5.41) is 0. The van der Waals surface area contributed by atoms with Crippen molar-refractivity contribution in [1.29, 1.82) is 0 Å². The monoisotopic (exact) mass is 348 g/mol. The van der Waals surface area contributed by atoms with Crippen LogP contribution in [-0.2, 0) is 11.2 Å². The lowest BCUT2D eigenvalue weighted by Gasteiger charge is -2.29. The molecule has 0 bridgehead atoms. The molecule has 0 saturated carbocycles. The van der Waals surface area contributed by atoms with Crippen molar-refractivity contribution in [3.63, 3.8) is 0 Å². The Morgan fingerprint density at radius 1 is 1.00 bits per heavy atom. The second kappa shape index (κ2) is 7.61. The summed E-state index contributed by atoms with van der Waals surface area (Å²) < 4.78 is 48.7. The van der Waals surface area contributed by atoms with Crippen LogP contribution in [0.5, 0.6) is 0 Å². The van der Waals surface area contributed by atoms with Crippen LogP contribution in [0.3, 0.4) is 0 Å². The highest BCUT2D eigenvalue weighted by molar-refractivity contribution is 5.65. The summed E-state index contributed by atoms with van der Waals surface area (Å²) in [6, 6.07) is 7.60. The summed E-state index contributed by atoms with van der Waals surface area (Å²) in [6.45, 7) is 4.53. The summed E-state index contributed by atoms with van der Waals surface area (Å²) in [7, 11) is 0. The van der Waals surface area contributed by atoms with Crippen LogP contribution in [-0.4, -0.2) is 6.61 Å². The second-order valence-corrected chi connectivity index (χ2v) is 6.66. The average Bonchev–Trinajstić information content (AvgIpc) is 2.64. The highest BCUT2D eigenvalue weighted by atomic mass is 19.2. The largest absolute Gasteiger partial charge is 0.373 e. The Balaban J connectivity index is 1.87. The van der Waals surface area contributed by atoms with Gasteiger partial charge in [0.1, 0.15) is 5.82 Å². The maximum atomic E-state index is 14.6. The quantitative estimate of drug-likeness (QED) is 0.638. The van der Waals surface area contributed by atoms with Gasteiger partial charge in [-0.15, -0.1) is 0 Å². The molecule has 1 heterocycles. The molecule has 134 valence electrons. The Bertz CT molecular complexity index is 749. The first-order valence-electron chi connectivity index (χ1n) is 8.93. The second-order valence-electron chi connectivity index (χ2n) is 6.66. The van der Waals surface area contributed by atoms with Gasteiger partial charge in [0.25, 0.3) is 0 Å². The molecule has 0 aromatic heterocycles. The van der Waals surface area contributed by atoms with E-state index in [1.807, 2.05) is 0 Å². The molecular weight excluding hydrogens is 325 g/mol. The van der Waals surface area contributed by atoms with E-state index in [0.717, 1.165) is 19.3 Å². The predicted octanol–water partition coefficient (Wildman–Crippen LogP) is 6.21. The molecule has 0 amide bonds. The van der Waals surface area contributed by atoms with E-state index in [-0.39, 0.29) is 11.7 Å². The lowest BCUT2D eigenvalue weighted by atomic mass is 9.92. The van der Waals surface area contributed by atoms with Crippen LogP contribution < -0.4 is 0 Å². The smallest absolute Gasteiger partial charge is 0.166 e. The fourth-order valence-corrected chi connectivity index (χ4v) is 3.41. The summed E-state index contributed by atoms with van der Waals surface area (Å²) in [4.78, 5) is 0. The topological polar surface area (TPSA) is 9.23 Å². The number of hydrogen-bond donors (Lipinski definition) is 0. The Hall–Kier alpha value is -1.81. The molecule has 1 aliphatic rings. The van der Waals surface area contributed by atoms with Gasteiger partial charge in [0, 0.05) is 11.1 Å². The van der Waals surface area contributed by atoms with E-state index in [2.05, 4.69) is 6.92 Å². The Morgan fingerprint density at radius 3 is 2.40 bits per heavy atom. The summed E-state index contributed by atoms with van der Waals surface area (Å²) in [6.07, 6.45) is 3.01. The highest BCUT2D eigenvalue weighted by Gasteiger charge is 2.24. The molecule has 0 aliphatic carbocycles. The molecule has 2 aromatic carbocycles. The van der Waals surface area contributed by atoms with Gasteiger partial charge in [0.15, 0.2) is 11.6 Å². The summed E-state index contributed by atoms with van der Waals surface area (Å²) >= 11 is 0. The van der Waals surface area contributed by atoms with Crippen LogP contribution in [0.15, 0.2) is 30.3 Å². The Labute approximate surface area is 146 Å². The lowest BCUT2D eigenvalue weighted by molar-refractivity contribution is -0.0198. The van der Waals surface area contributed by atoms with Gasteiger partial charge in [-0.3, -0.25) is 0 Å². The van der Waals surface area contributed by atoms with Gasteiger partial charge in [0.05, 0.1) is 12.7 Å². The van der Waals surface area contributed by atoms with Crippen LogP contribution in [0.25, 0.3) is 11.1 Å². The fourth-order valence-electron chi connectivity index (χ4n) is 3.41. The zero-order chi connectivity index (χ0) is 18.0. The third kappa shape index (κ3) is 3.59. The van der Waals surface area contributed by atoms with Gasteiger partial charge in [-0.05, 0) is 42.4 Å². The minimum Gasteiger partial charge on any atom is -0.373 e. The van der Waals surface area contributed by atoms with Gasteiger partial charge >= 0.3 is 0 Å². The summed E-state index contributed by atoms with van der Waals surface area (Å²) in [5.74, 6) is -1.68. The third-order valence-corrected chi connectivity index (χ3v) is 5.15. The van der Waals surface area contributed by atoms with Crippen LogP contribution in [0.1, 0.15) is 50.3 Å². The van der Waals surface area contributed by atoms with E-state index in [4.69, 9.17) is 4.74 Å². The molecule has 25 heavy (non-hydrogen) atoms. The van der Waals surface area contributed by atoms with Crippen molar-refractivity contribution in [1.82, 2.24) is 0 Å². The van der Waals surface area contributed by atoms with E-state index in [1.54, 1.807) is 25.1 Å². The maximum absolute atomic E-state index is 14.6. The van der Waals surface area contributed by atoms with Gasteiger partial charge in [0.2, 0.25) is 0 Å². The van der Waals surface area contributed by atoms with Crippen LogP contribution in [0.4, 0.5) is 13.2 Å². The van der Waals surface area contributed by atoms with Crippen molar-refractivity contribution >= 4 is 0 Å². The first-order chi connectivity index (χ1) is 12.0. The predicted molar refractivity (Wildman–Crippen MR) is 92.8 cm³/mol. The average molecular weight is 348 g/mol. The van der Waals surface area contributed by atoms with Crippen LogP contribution in [0, 0.1) is 23.4 Å². The molecule has 0 spiro atoms. The first kappa shape index (κ1) is 18.0. The molecule has 1 fully saturated rings.